The van der Waals surface area contributed by atoms with Crippen molar-refractivity contribution in [2.24, 2.45) is 0 Å². The molecule has 0 bridgehead atoms. The van der Waals surface area contributed by atoms with Crippen LogP contribution >= 0.6 is 23.1 Å². The molecule has 0 saturated carbocycles. The van der Waals surface area contributed by atoms with E-state index >= 15 is 0 Å². The number of benzene rings is 3. The van der Waals surface area contributed by atoms with E-state index in [1.165, 1.54) is 0 Å². The summed E-state index contributed by atoms with van der Waals surface area (Å²) in [5, 5.41) is 20.9. The summed E-state index contributed by atoms with van der Waals surface area (Å²) in [5.41, 5.74) is 5.76. The number of carbonyl (C=O) groups is 2. The highest BCUT2D eigenvalue weighted by molar-refractivity contribution is 8.01. The summed E-state index contributed by atoms with van der Waals surface area (Å²) >= 11 is 3.34. The van der Waals surface area contributed by atoms with Crippen LogP contribution in [-0.4, -0.2) is 39.0 Å². The highest BCUT2D eigenvalue weighted by atomic mass is 32.2. The second-order valence-electron chi connectivity index (χ2n) is 9.67. The van der Waals surface area contributed by atoms with E-state index in [2.05, 4.69) is 11.4 Å². The van der Waals surface area contributed by atoms with Crippen LogP contribution in [-0.2, 0) is 25.7 Å². The van der Waals surface area contributed by atoms with E-state index in [1.54, 1.807) is 34.6 Å². The molecule has 4 aromatic rings. The molecule has 41 heavy (non-hydrogen) atoms. The van der Waals surface area contributed by atoms with Gasteiger partial charge in [-0.15, -0.1) is 11.3 Å². The molecule has 1 aliphatic rings. The van der Waals surface area contributed by atoms with Crippen LogP contribution in [0.5, 0.6) is 0 Å². The first-order valence-corrected chi connectivity index (χ1v) is 15.1. The van der Waals surface area contributed by atoms with Crippen molar-refractivity contribution in [2.75, 3.05) is 11.1 Å². The standard InChI is InChI=1S/C30H31N3O6S2/c34-17-19-11-13-20(14-12-19)25-16-23(18-40-30-32-24-7-1-2-8-26(24)41-30)38-29(39-25)21-5-3-6-22(15-21)31-27(35)9-4-10-28(36)33-37/h1-3,5-8,11-15,23,25,29,34,37H,4,9-10,16-18H2,(H,31,35)(H,33,36)/t23-,25+,29+/m1/s1. The fourth-order valence-corrected chi connectivity index (χ4v) is 6.66. The van der Waals surface area contributed by atoms with E-state index in [1.807, 2.05) is 60.7 Å². The quantitative estimate of drug-likeness (QED) is 0.0984. The number of nitrogens with zero attached hydrogens (tertiary/aromatic N) is 1. The molecule has 214 valence electrons. The van der Waals surface area contributed by atoms with Gasteiger partial charge in [0.25, 0.3) is 0 Å². The monoisotopic (exact) mass is 593 g/mol. The molecular weight excluding hydrogens is 562 g/mol. The van der Waals surface area contributed by atoms with E-state index in [0.717, 1.165) is 31.2 Å². The second-order valence-corrected chi connectivity index (χ2v) is 12.0. The number of rotatable bonds is 11. The molecule has 0 aliphatic carbocycles. The van der Waals surface area contributed by atoms with Gasteiger partial charge in [-0.05, 0) is 41.8 Å². The van der Waals surface area contributed by atoms with Gasteiger partial charge in [-0.25, -0.2) is 10.5 Å². The summed E-state index contributed by atoms with van der Waals surface area (Å²) in [4.78, 5) is 28.3. The fraction of sp³-hybridized carbons (Fsp3) is 0.300. The molecule has 2 heterocycles. The van der Waals surface area contributed by atoms with Gasteiger partial charge in [0.15, 0.2) is 10.6 Å². The number of hydrogen-bond donors (Lipinski definition) is 4. The fourth-order valence-electron chi connectivity index (χ4n) is 4.55. The third-order valence-electron chi connectivity index (χ3n) is 6.66. The average Bonchev–Trinajstić information content (AvgIpc) is 3.43. The van der Waals surface area contributed by atoms with E-state index in [-0.39, 0.29) is 37.6 Å². The molecule has 2 amide bonds. The smallest absolute Gasteiger partial charge is 0.243 e. The Bertz CT molecular complexity index is 1450. The average molecular weight is 594 g/mol. The Labute approximate surface area is 245 Å². The Morgan fingerprint density at radius 3 is 2.56 bits per heavy atom. The van der Waals surface area contributed by atoms with Gasteiger partial charge in [-0.1, -0.05) is 60.3 Å². The predicted octanol–water partition coefficient (Wildman–Crippen LogP) is 5.74. The maximum absolute atomic E-state index is 12.4. The Balaban J connectivity index is 1.29. The van der Waals surface area contributed by atoms with Crippen LogP contribution in [0.1, 0.15) is 54.8 Å². The summed E-state index contributed by atoms with van der Waals surface area (Å²) in [5.74, 6) is -0.0592. The van der Waals surface area contributed by atoms with Gasteiger partial charge in [0.1, 0.15) is 0 Å². The van der Waals surface area contributed by atoms with Crippen LogP contribution < -0.4 is 10.8 Å². The Morgan fingerprint density at radius 2 is 1.78 bits per heavy atom. The number of aromatic nitrogens is 1. The summed E-state index contributed by atoms with van der Waals surface area (Å²) in [6.45, 7) is -0.0217. The van der Waals surface area contributed by atoms with Gasteiger partial charge in [-0.2, -0.15) is 0 Å². The van der Waals surface area contributed by atoms with Crippen molar-refractivity contribution in [2.45, 2.75) is 55.1 Å². The van der Waals surface area contributed by atoms with Crippen molar-refractivity contribution >= 4 is 50.8 Å². The number of hydrogen-bond acceptors (Lipinski definition) is 9. The van der Waals surface area contributed by atoms with Crippen molar-refractivity contribution in [3.8, 4) is 0 Å². The SMILES string of the molecule is O=C(CCCC(=O)Nc1cccc([C@H]2O[C@@H](CSc3nc4ccccc4s3)C[C@@H](c3ccc(CO)cc3)O2)c1)NO. The van der Waals surface area contributed by atoms with Gasteiger partial charge in [0.05, 0.1) is 29.0 Å². The maximum Gasteiger partial charge on any atom is 0.243 e. The van der Waals surface area contributed by atoms with Crippen molar-refractivity contribution in [3.63, 3.8) is 0 Å². The summed E-state index contributed by atoms with van der Waals surface area (Å²) < 4.78 is 15.0. The zero-order chi connectivity index (χ0) is 28.6. The minimum absolute atomic E-state index is 0.0217. The van der Waals surface area contributed by atoms with Crippen molar-refractivity contribution < 1.29 is 29.4 Å². The van der Waals surface area contributed by atoms with Crippen LogP contribution in [0.4, 0.5) is 5.69 Å². The molecule has 11 heteroatoms. The van der Waals surface area contributed by atoms with Gasteiger partial charge in [0, 0.05) is 36.3 Å². The van der Waals surface area contributed by atoms with E-state index < -0.39 is 12.2 Å². The molecule has 9 nitrogen and oxygen atoms in total. The van der Waals surface area contributed by atoms with Crippen LogP contribution in [0.3, 0.4) is 0 Å². The molecule has 1 fully saturated rings. The lowest BCUT2D eigenvalue weighted by atomic mass is 10.0. The number of nitrogens with one attached hydrogen (secondary N) is 2. The van der Waals surface area contributed by atoms with Gasteiger partial charge >= 0.3 is 0 Å². The first kappa shape index (κ1) is 29.2. The normalized spacial score (nSPS) is 18.7. The van der Waals surface area contributed by atoms with Gasteiger partial charge in [0.2, 0.25) is 11.8 Å². The lowest BCUT2D eigenvalue weighted by Gasteiger charge is -2.36. The van der Waals surface area contributed by atoms with Crippen molar-refractivity contribution in [3.05, 3.63) is 89.5 Å². The van der Waals surface area contributed by atoms with Crippen molar-refractivity contribution in [1.82, 2.24) is 10.5 Å². The zero-order valence-corrected chi connectivity index (χ0v) is 23.8. The van der Waals surface area contributed by atoms with Gasteiger partial charge < -0.3 is 19.9 Å². The molecule has 5 rings (SSSR count). The largest absolute Gasteiger partial charge is 0.392 e. The number of ether oxygens (including phenoxy) is 2. The zero-order valence-electron chi connectivity index (χ0n) is 22.2. The van der Waals surface area contributed by atoms with E-state index in [0.29, 0.717) is 24.3 Å². The predicted molar refractivity (Wildman–Crippen MR) is 158 cm³/mol. The third-order valence-corrected chi connectivity index (χ3v) is 8.97. The van der Waals surface area contributed by atoms with Crippen LogP contribution in [0.2, 0.25) is 0 Å². The molecule has 4 N–H and O–H groups in total. The number of amides is 2. The van der Waals surface area contributed by atoms with Crippen LogP contribution in [0, 0.1) is 0 Å². The van der Waals surface area contributed by atoms with Crippen LogP contribution in [0.15, 0.2) is 77.1 Å². The second kappa shape index (κ2) is 14.0. The van der Waals surface area contributed by atoms with Gasteiger partial charge in [-0.3, -0.25) is 14.8 Å². The number of fused-ring (bicyclic) bond motifs is 1. The molecule has 0 unspecified atom stereocenters. The lowest BCUT2D eigenvalue weighted by Crippen LogP contribution is -2.31. The molecule has 1 aliphatic heterocycles. The number of thiazole rings is 1. The lowest BCUT2D eigenvalue weighted by molar-refractivity contribution is -0.245. The summed E-state index contributed by atoms with van der Waals surface area (Å²) in [7, 11) is 0. The third kappa shape index (κ3) is 7.91. The first-order valence-electron chi connectivity index (χ1n) is 13.3. The molecule has 3 aromatic carbocycles. The number of anilines is 1. The topological polar surface area (TPSA) is 130 Å². The number of aliphatic hydroxyl groups excluding tert-OH is 1. The summed E-state index contributed by atoms with van der Waals surface area (Å²) in [6.07, 6.45) is 0.179. The Morgan fingerprint density at radius 1 is 0.976 bits per heavy atom. The molecule has 0 spiro atoms. The van der Waals surface area contributed by atoms with E-state index in [9.17, 15) is 14.7 Å². The number of carbonyl (C=O) groups excluding carboxylic acids is 2. The summed E-state index contributed by atoms with van der Waals surface area (Å²) in [6, 6.07) is 23.2. The highest BCUT2D eigenvalue weighted by Crippen LogP contribution is 2.40. The van der Waals surface area contributed by atoms with Crippen LogP contribution in [0.25, 0.3) is 10.2 Å². The molecular formula is C30H31N3O6S2. The number of thioether (sulfide) groups is 1. The van der Waals surface area contributed by atoms with E-state index in [4.69, 9.17) is 19.7 Å². The Hall–Kier alpha value is -3.32. The van der Waals surface area contributed by atoms with Crippen molar-refractivity contribution in [1.29, 1.82) is 0 Å². The molecule has 1 saturated heterocycles. The minimum Gasteiger partial charge on any atom is -0.392 e. The molecule has 1 aromatic heterocycles. The number of para-hydroxylation sites is 1. The first-order chi connectivity index (χ1) is 20.0. The number of hydroxylamine groups is 1. The highest BCUT2D eigenvalue weighted by Gasteiger charge is 2.32. The maximum atomic E-state index is 12.4. The molecule has 0 radical (unpaired) electrons. The number of aliphatic hydroxyl groups is 1. The minimum atomic E-state index is -0.655. The molecule has 3 atom stereocenters. The Kier molecular flexibility index (Phi) is 9.99.